The van der Waals surface area contributed by atoms with Crippen LogP contribution in [-0.4, -0.2) is 41.4 Å². The van der Waals surface area contributed by atoms with Crippen LogP contribution < -0.4 is 5.32 Å². The Morgan fingerprint density at radius 3 is 2.81 bits per heavy atom. The first-order valence-electron chi connectivity index (χ1n) is 6.86. The maximum Gasteiger partial charge on any atom is 0.333 e. The number of amides is 1. The number of carbonyl (C=O) groups excluding carboxylic acids is 2. The molecule has 0 saturated heterocycles. The highest BCUT2D eigenvalue weighted by atomic mass is 19.1. The summed E-state index contributed by atoms with van der Waals surface area (Å²) in [5.74, 6) is -2.20. The second-order valence-corrected chi connectivity index (χ2v) is 4.89. The van der Waals surface area contributed by atoms with Gasteiger partial charge in [0.05, 0.1) is 6.61 Å². The number of hydrogen-bond donors (Lipinski definition) is 2. The van der Waals surface area contributed by atoms with Crippen LogP contribution in [-0.2, 0) is 14.3 Å². The Morgan fingerprint density at radius 1 is 1.48 bits per heavy atom. The zero-order valence-corrected chi connectivity index (χ0v) is 12.1. The zero-order chi connectivity index (χ0) is 15.8. The van der Waals surface area contributed by atoms with E-state index in [9.17, 15) is 19.1 Å². The largest absolute Gasteiger partial charge is 0.462 e. The molecule has 7 heteroatoms. The van der Waals surface area contributed by atoms with Gasteiger partial charge in [-0.3, -0.25) is 4.79 Å². The average Bonchev–Trinajstić information content (AvgIpc) is 2.42. The number of esters is 1. The molecule has 118 valence electrons. The number of ether oxygens (including phenoxy) is 1. The number of aliphatic hydroxyl groups excluding tert-OH is 1. The highest BCUT2D eigenvalue weighted by Gasteiger charge is 2.24. The van der Waals surface area contributed by atoms with Crippen LogP contribution in [0.15, 0.2) is 24.2 Å². The van der Waals surface area contributed by atoms with E-state index in [-0.39, 0.29) is 5.97 Å². The third kappa shape index (κ3) is 5.95. The normalized spacial score (nSPS) is 18.0. The van der Waals surface area contributed by atoms with E-state index in [4.69, 9.17) is 4.74 Å². The Kier molecular flexibility index (Phi) is 6.87. The van der Waals surface area contributed by atoms with Crippen LogP contribution in [0.3, 0.4) is 0 Å². The van der Waals surface area contributed by atoms with Gasteiger partial charge in [0, 0.05) is 18.3 Å². The quantitative estimate of drug-likeness (QED) is 0.400. The van der Waals surface area contributed by atoms with Gasteiger partial charge in [0.15, 0.2) is 0 Å². The molecule has 0 aromatic carbocycles. The highest BCUT2D eigenvalue weighted by Crippen LogP contribution is 2.11. The number of halogens is 1. The van der Waals surface area contributed by atoms with E-state index < -0.39 is 18.1 Å². The molecule has 0 aromatic heterocycles. The van der Waals surface area contributed by atoms with E-state index in [1.807, 2.05) is 0 Å². The van der Waals surface area contributed by atoms with Gasteiger partial charge in [-0.1, -0.05) is 13.0 Å². The molecule has 6 nitrogen and oxygen atoms in total. The fraction of sp³-hybridized carbons (Fsp3) is 0.571. The van der Waals surface area contributed by atoms with Gasteiger partial charge in [-0.2, -0.15) is 4.39 Å². The lowest BCUT2D eigenvalue weighted by molar-refractivity contribution is -0.139. The minimum Gasteiger partial charge on any atom is -0.462 e. The molecular formula is C14H21FN2O4. The zero-order valence-electron chi connectivity index (χ0n) is 12.1. The Morgan fingerprint density at radius 2 is 2.14 bits per heavy atom. The van der Waals surface area contributed by atoms with Crippen molar-refractivity contribution in [1.82, 2.24) is 10.2 Å². The van der Waals surface area contributed by atoms with E-state index >= 15 is 0 Å². The molecule has 0 fully saturated rings. The van der Waals surface area contributed by atoms with Crippen molar-refractivity contribution in [3.63, 3.8) is 0 Å². The summed E-state index contributed by atoms with van der Waals surface area (Å²) in [5.41, 5.74) is 0.380. The Hall–Kier alpha value is -1.89. The van der Waals surface area contributed by atoms with E-state index in [2.05, 4.69) is 11.9 Å². The second kappa shape index (κ2) is 8.41. The minimum absolute atomic E-state index is 0.350. The molecule has 0 radical (unpaired) electrons. The van der Waals surface area contributed by atoms with Gasteiger partial charge < -0.3 is 20.1 Å². The molecule has 0 aromatic rings. The third-order valence-corrected chi connectivity index (χ3v) is 2.96. The lowest BCUT2D eigenvalue weighted by Gasteiger charge is -2.30. The molecule has 0 aliphatic carbocycles. The van der Waals surface area contributed by atoms with E-state index in [1.165, 1.54) is 4.90 Å². The van der Waals surface area contributed by atoms with Crippen LogP contribution in [0.1, 0.15) is 32.6 Å². The molecule has 1 amide bonds. The lowest BCUT2D eigenvalue weighted by Crippen LogP contribution is -2.49. The van der Waals surface area contributed by atoms with Crippen molar-refractivity contribution in [2.75, 3.05) is 13.2 Å². The van der Waals surface area contributed by atoms with Crippen molar-refractivity contribution < 1.29 is 23.8 Å². The molecule has 1 rings (SSSR count). The van der Waals surface area contributed by atoms with E-state index in [0.717, 1.165) is 31.9 Å². The van der Waals surface area contributed by atoms with Crippen molar-refractivity contribution in [3.05, 3.63) is 24.2 Å². The fourth-order valence-corrected chi connectivity index (χ4v) is 1.77. The summed E-state index contributed by atoms with van der Waals surface area (Å²) in [6.45, 7) is 5.86. The molecule has 2 N–H and O–H groups in total. The molecule has 1 unspecified atom stereocenters. The number of aliphatic hydroxyl groups is 1. The van der Waals surface area contributed by atoms with Gasteiger partial charge in [-0.25, -0.2) is 4.79 Å². The number of rotatable bonds is 8. The van der Waals surface area contributed by atoms with Crippen LogP contribution in [0.4, 0.5) is 4.39 Å². The van der Waals surface area contributed by atoms with Crippen LogP contribution >= 0.6 is 0 Å². The number of nitrogens with one attached hydrogen (secondary N) is 1. The van der Waals surface area contributed by atoms with Crippen LogP contribution in [0, 0.1) is 0 Å². The van der Waals surface area contributed by atoms with Crippen molar-refractivity contribution >= 4 is 11.9 Å². The minimum atomic E-state index is -1.19. The smallest absolute Gasteiger partial charge is 0.333 e. The summed E-state index contributed by atoms with van der Waals surface area (Å²) in [7, 11) is 0. The summed E-state index contributed by atoms with van der Waals surface area (Å²) >= 11 is 0. The molecule has 0 bridgehead atoms. The predicted octanol–water partition coefficient (Wildman–Crippen LogP) is 1.18. The number of hydrogen-bond acceptors (Lipinski definition) is 5. The molecule has 0 spiro atoms. The van der Waals surface area contributed by atoms with Gasteiger partial charge in [0.1, 0.15) is 0 Å². The summed E-state index contributed by atoms with van der Waals surface area (Å²) in [4.78, 5) is 23.3. The average molecular weight is 300 g/mol. The summed E-state index contributed by atoms with van der Waals surface area (Å²) in [5, 5.41) is 11.6. The lowest BCUT2D eigenvalue weighted by atomic mass is 10.2. The number of carbonyl (C=O) groups is 2. The first kappa shape index (κ1) is 17.2. The number of nitrogens with zero attached hydrogens (tertiary/aromatic N) is 1. The molecule has 1 heterocycles. The first-order chi connectivity index (χ1) is 9.91. The monoisotopic (exact) mass is 300 g/mol. The maximum absolute atomic E-state index is 13.1. The molecular weight excluding hydrogens is 279 g/mol. The molecule has 21 heavy (non-hydrogen) atoms. The third-order valence-electron chi connectivity index (χ3n) is 2.96. The summed E-state index contributed by atoms with van der Waals surface area (Å²) in [6.07, 6.45) is 2.99. The molecule has 1 atom stereocenters. The predicted molar refractivity (Wildman–Crippen MR) is 74.3 cm³/mol. The Labute approximate surface area is 123 Å². The van der Waals surface area contributed by atoms with Gasteiger partial charge in [0.25, 0.3) is 5.91 Å². The van der Waals surface area contributed by atoms with Gasteiger partial charge in [-0.05, 0) is 26.2 Å². The van der Waals surface area contributed by atoms with Crippen LogP contribution in [0.25, 0.3) is 0 Å². The van der Waals surface area contributed by atoms with Crippen molar-refractivity contribution in [2.24, 2.45) is 0 Å². The Bertz CT molecular complexity index is 437. The van der Waals surface area contributed by atoms with Crippen LogP contribution in [0.2, 0.25) is 0 Å². The first-order valence-corrected chi connectivity index (χ1v) is 6.86. The van der Waals surface area contributed by atoms with Gasteiger partial charge in [-0.15, -0.1) is 0 Å². The molecule has 1 aliphatic rings. The maximum atomic E-state index is 13.1. The van der Waals surface area contributed by atoms with Crippen LogP contribution in [0.5, 0.6) is 0 Å². The van der Waals surface area contributed by atoms with Gasteiger partial charge in [0.2, 0.25) is 12.2 Å². The SMILES string of the molecule is C=C(C)C(=O)OCCCCCCN1C=C(F)C(=O)NC1O. The summed E-state index contributed by atoms with van der Waals surface area (Å²) in [6, 6.07) is 0. The number of unbranched alkanes of at least 4 members (excludes halogenated alkanes) is 3. The van der Waals surface area contributed by atoms with Crippen molar-refractivity contribution in [1.29, 1.82) is 0 Å². The molecule has 0 saturated carbocycles. The molecule has 1 aliphatic heterocycles. The topological polar surface area (TPSA) is 78.9 Å². The van der Waals surface area contributed by atoms with E-state index in [1.54, 1.807) is 6.92 Å². The summed E-state index contributed by atoms with van der Waals surface area (Å²) < 4.78 is 18.0. The van der Waals surface area contributed by atoms with Crippen molar-refractivity contribution in [3.8, 4) is 0 Å². The van der Waals surface area contributed by atoms with Gasteiger partial charge >= 0.3 is 5.97 Å². The Balaban J connectivity index is 2.10. The van der Waals surface area contributed by atoms with E-state index in [0.29, 0.717) is 18.7 Å². The standard InChI is InChI=1S/C14H21FN2O4/c1-10(2)13(19)21-8-6-4-3-5-7-17-9-11(15)12(18)16-14(17)20/h9,14,20H,1,3-8H2,2H3,(H,16,18). The highest BCUT2D eigenvalue weighted by molar-refractivity contribution is 5.91. The van der Waals surface area contributed by atoms with Crippen molar-refractivity contribution in [2.45, 2.75) is 39.0 Å². The fourth-order valence-electron chi connectivity index (χ4n) is 1.77. The second-order valence-electron chi connectivity index (χ2n) is 4.89.